The van der Waals surface area contributed by atoms with Gasteiger partial charge in [0.15, 0.2) is 6.10 Å². The Hall–Kier alpha value is -4.12. The highest BCUT2D eigenvalue weighted by molar-refractivity contribution is 7.47. The lowest BCUT2D eigenvalue weighted by Gasteiger charge is -2.21. The Balaban J connectivity index is 4.81. The molecule has 420 valence electrons. The summed E-state index contributed by atoms with van der Waals surface area (Å²) in [6.45, 7) is 4.26. The lowest BCUT2D eigenvalue weighted by atomic mass is 10.1. The fraction of sp³-hybridized carbons (Fsp3) is 0.629. The van der Waals surface area contributed by atoms with Crippen molar-refractivity contribution in [2.75, 3.05) is 26.4 Å². The molecule has 11 nitrogen and oxygen atoms in total. The zero-order chi connectivity index (χ0) is 54.1. The van der Waals surface area contributed by atoms with Crippen LogP contribution in [0, 0.1) is 0 Å². The molecule has 0 bridgehead atoms. The number of carbonyl (C=O) groups is 3. The number of hydrogen-bond acceptors (Lipinski definition) is 10. The topological polar surface area (TPSA) is 155 Å². The van der Waals surface area contributed by atoms with E-state index >= 15 is 0 Å². The Kier molecular flexibility index (Phi) is 52.1. The van der Waals surface area contributed by atoms with Gasteiger partial charge in [0.2, 0.25) is 0 Å². The first kappa shape index (κ1) is 69.9. The first-order valence-corrected chi connectivity index (χ1v) is 29.9. The van der Waals surface area contributed by atoms with E-state index in [2.05, 4.69) is 130 Å². The first-order valence-electron chi connectivity index (χ1n) is 28.4. The molecule has 74 heavy (non-hydrogen) atoms. The molecule has 0 aliphatic rings. The molecule has 0 amide bonds. The van der Waals surface area contributed by atoms with Crippen molar-refractivity contribution in [2.24, 2.45) is 0 Å². The van der Waals surface area contributed by atoms with Crippen LogP contribution < -0.4 is 0 Å². The van der Waals surface area contributed by atoms with E-state index in [-0.39, 0.29) is 25.9 Å². The van der Waals surface area contributed by atoms with Crippen LogP contribution in [0.2, 0.25) is 0 Å². The monoisotopic (exact) mass is 1050 g/mol. The van der Waals surface area contributed by atoms with Crippen LogP contribution in [0.15, 0.2) is 122 Å². The second-order valence-electron chi connectivity index (χ2n) is 18.3. The van der Waals surface area contributed by atoms with E-state index in [0.717, 1.165) is 128 Å². The minimum Gasteiger partial charge on any atom is -0.462 e. The van der Waals surface area contributed by atoms with E-state index in [4.69, 9.17) is 23.3 Å². The summed E-state index contributed by atoms with van der Waals surface area (Å²) in [5.74, 6) is -1.60. The minimum absolute atomic E-state index is 0.0344. The summed E-state index contributed by atoms with van der Waals surface area (Å²) in [5.41, 5.74) is 0. The summed E-state index contributed by atoms with van der Waals surface area (Å²) in [7, 11) is -4.78. The number of aliphatic hydroxyl groups excluding tert-OH is 1. The van der Waals surface area contributed by atoms with E-state index in [1.807, 2.05) is 12.2 Å². The molecular formula is C62H101O11P. The number of aliphatic hydroxyl groups is 1. The Morgan fingerprint density at radius 1 is 0.392 bits per heavy atom. The quantitative estimate of drug-likeness (QED) is 0.0197. The highest BCUT2D eigenvalue weighted by Gasteiger charge is 2.28. The molecule has 2 N–H and O–H groups in total. The molecule has 3 unspecified atom stereocenters. The predicted molar refractivity (Wildman–Crippen MR) is 306 cm³/mol. The standard InChI is InChI=1S/C62H101O11P/c1-4-7-10-13-16-19-22-24-26-28-29-31-33-35-38-41-44-47-50-53-62(66)73-59(55-69-60(64)51-48-45-42-39-36-21-18-15-12-9-6-3)57-71-74(67,68)70-56-58(54-63)72-61(65)52-49-46-43-40-37-34-32-30-27-25-23-20-17-14-11-8-5-2/h7-8,10-11,15-20,24-27,29,31,35,38,44,47,58-59,63H,4-6,9,12-14,21-23,28,30,32-34,36-37,39-43,45-46,48-57H2,1-3H3,(H,67,68)/b10-7-,11-8-,18-15-,19-16-,20-17-,26-24-,27-25-,31-29-,38-35-,47-44-. The SMILES string of the molecule is CC/C=C\C/C=C\C/C=C\C/C=C\C/C=C\C/C=C\CCC(=O)OC(COC(=O)CCCCCCC/C=C\CCCC)COP(=O)(O)OCC(CO)OC(=O)CCCCCCCCC/C=C\C/C=C\C/C=C\CC. The van der Waals surface area contributed by atoms with Crippen molar-refractivity contribution in [2.45, 2.75) is 226 Å². The second-order valence-corrected chi connectivity index (χ2v) is 19.8. The molecule has 0 radical (unpaired) electrons. The summed E-state index contributed by atoms with van der Waals surface area (Å²) in [6.07, 6.45) is 67.5. The zero-order valence-electron chi connectivity index (χ0n) is 46.3. The van der Waals surface area contributed by atoms with Gasteiger partial charge in [0.25, 0.3) is 0 Å². The summed E-state index contributed by atoms with van der Waals surface area (Å²) in [4.78, 5) is 48.4. The maximum atomic E-state index is 12.9. The maximum Gasteiger partial charge on any atom is 0.472 e. The lowest BCUT2D eigenvalue weighted by molar-refractivity contribution is -0.161. The highest BCUT2D eigenvalue weighted by atomic mass is 31.2. The summed E-state index contributed by atoms with van der Waals surface area (Å²) < 4.78 is 39.4. The molecule has 0 aromatic carbocycles. The molecular weight excluding hydrogens is 952 g/mol. The van der Waals surface area contributed by atoms with Crippen molar-refractivity contribution in [3.63, 3.8) is 0 Å². The van der Waals surface area contributed by atoms with Crippen molar-refractivity contribution in [1.82, 2.24) is 0 Å². The highest BCUT2D eigenvalue weighted by Crippen LogP contribution is 2.43. The number of phosphoric ester groups is 1. The number of rotatable bonds is 51. The van der Waals surface area contributed by atoms with Gasteiger partial charge in [0, 0.05) is 19.3 Å². The third-order valence-corrected chi connectivity index (χ3v) is 12.3. The summed E-state index contributed by atoms with van der Waals surface area (Å²) >= 11 is 0. The number of hydrogen-bond donors (Lipinski definition) is 2. The van der Waals surface area contributed by atoms with Crippen LogP contribution in [0.25, 0.3) is 0 Å². The normalized spacial score (nSPS) is 14.3. The third-order valence-electron chi connectivity index (χ3n) is 11.4. The van der Waals surface area contributed by atoms with Gasteiger partial charge in [0.1, 0.15) is 12.7 Å². The summed E-state index contributed by atoms with van der Waals surface area (Å²) in [6, 6.07) is 0. The van der Waals surface area contributed by atoms with E-state index in [9.17, 15) is 28.9 Å². The van der Waals surface area contributed by atoms with Crippen molar-refractivity contribution >= 4 is 25.7 Å². The van der Waals surface area contributed by atoms with Crippen molar-refractivity contribution < 1.29 is 52.2 Å². The van der Waals surface area contributed by atoms with Crippen LogP contribution in [0.5, 0.6) is 0 Å². The van der Waals surface area contributed by atoms with E-state index in [0.29, 0.717) is 25.7 Å². The third kappa shape index (κ3) is 52.7. The molecule has 0 aromatic heterocycles. The van der Waals surface area contributed by atoms with Crippen molar-refractivity contribution in [3.8, 4) is 0 Å². The van der Waals surface area contributed by atoms with Crippen LogP contribution in [-0.4, -0.2) is 66.5 Å². The summed E-state index contributed by atoms with van der Waals surface area (Å²) in [5, 5.41) is 9.81. The Morgan fingerprint density at radius 2 is 0.730 bits per heavy atom. The van der Waals surface area contributed by atoms with Gasteiger partial charge in [0.05, 0.1) is 19.8 Å². The molecule has 0 aliphatic heterocycles. The van der Waals surface area contributed by atoms with Crippen LogP contribution in [0.1, 0.15) is 213 Å². The average Bonchev–Trinajstić information content (AvgIpc) is 3.39. The maximum absolute atomic E-state index is 12.9. The van der Waals surface area contributed by atoms with Gasteiger partial charge in [-0.2, -0.15) is 0 Å². The zero-order valence-corrected chi connectivity index (χ0v) is 47.2. The Morgan fingerprint density at radius 3 is 1.18 bits per heavy atom. The fourth-order valence-electron chi connectivity index (χ4n) is 7.08. The number of carbonyl (C=O) groups excluding carboxylic acids is 3. The van der Waals surface area contributed by atoms with E-state index in [1.165, 1.54) is 19.3 Å². The minimum atomic E-state index is -4.78. The molecule has 0 spiro atoms. The van der Waals surface area contributed by atoms with Gasteiger partial charge in [-0.3, -0.25) is 23.4 Å². The number of allylic oxidation sites excluding steroid dienone is 20. The van der Waals surface area contributed by atoms with Gasteiger partial charge in [-0.05, 0) is 109 Å². The smallest absolute Gasteiger partial charge is 0.462 e. The molecule has 0 rings (SSSR count). The van der Waals surface area contributed by atoms with Gasteiger partial charge < -0.3 is 24.2 Å². The molecule has 12 heteroatoms. The molecule has 3 atom stereocenters. The molecule has 0 saturated heterocycles. The molecule has 0 aromatic rings. The van der Waals surface area contributed by atoms with Crippen molar-refractivity contribution in [3.05, 3.63) is 122 Å². The number of unbranched alkanes of at least 4 members (excludes halogenated alkanes) is 14. The number of ether oxygens (including phenoxy) is 3. The van der Waals surface area contributed by atoms with Crippen LogP contribution in [0.3, 0.4) is 0 Å². The van der Waals surface area contributed by atoms with Crippen LogP contribution >= 0.6 is 7.82 Å². The van der Waals surface area contributed by atoms with Gasteiger partial charge in [-0.1, -0.05) is 206 Å². The first-order chi connectivity index (χ1) is 36.2. The Bertz CT molecular complexity index is 1700. The predicted octanol–water partition coefficient (Wildman–Crippen LogP) is 16.8. The molecule has 0 heterocycles. The van der Waals surface area contributed by atoms with Gasteiger partial charge >= 0.3 is 25.7 Å². The van der Waals surface area contributed by atoms with Gasteiger partial charge in [-0.15, -0.1) is 0 Å². The van der Waals surface area contributed by atoms with Crippen LogP contribution in [-0.2, 0) is 42.2 Å². The molecule has 0 saturated carbocycles. The van der Waals surface area contributed by atoms with Crippen molar-refractivity contribution in [1.29, 1.82) is 0 Å². The van der Waals surface area contributed by atoms with E-state index in [1.54, 1.807) is 0 Å². The van der Waals surface area contributed by atoms with E-state index < -0.39 is 57.8 Å². The second kappa shape index (κ2) is 55.1. The fourth-order valence-corrected chi connectivity index (χ4v) is 7.87. The molecule has 0 fully saturated rings. The Labute approximate surface area is 449 Å². The van der Waals surface area contributed by atoms with Crippen LogP contribution in [0.4, 0.5) is 0 Å². The average molecular weight is 1050 g/mol. The van der Waals surface area contributed by atoms with Gasteiger partial charge in [-0.25, -0.2) is 4.57 Å². The lowest BCUT2D eigenvalue weighted by Crippen LogP contribution is -2.30. The number of phosphoric acid groups is 1. The molecule has 0 aliphatic carbocycles. The largest absolute Gasteiger partial charge is 0.472 e. The number of esters is 3.